The van der Waals surface area contributed by atoms with Crippen LogP contribution in [0.1, 0.15) is 13.3 Å². The fourth-order valence-electron chi connectivity index (χ4n) is 2.08. The molecular formula is C13H19N3O. The predicted molar refractivity (Wildman–Crippen MR) is 68.9 cm³/mol. The van der Waals surface area contributed by atoms with Gasteiger partial charge in [0, 0.05) is 24.8 Å². The number of carbonyl (C=O) groups is 1. The minimum Gasteiger partial charge on any atom is -0.369 e. The molecule has 0 spiro atoms. The maximum atomic E-state index is 11.5. The topological polar surface area (TPSA) is 58.4 Å². The Morgan fingerprint density at radius 1 is 1.47 bits per heavy atom. The highest BCUT2D eigenvalue weighted by molar-refractivity contribution is 5.81. The summed E-state index contributed by atoms with van der Waals surface area (Å²) in [5, 5.41) is 2.97. The highest BCUT2D eigenvalue weighted by Gasteiger charge is 2.24. The molecule has 17 heavy (non-hydrogen) atoms. The molecule has 0 bridgehead atoms. The van der Waals surface area contributed by atoms with Crippen LogP contribution in [0.2, 0.25) is 0 Å². The minimum atomic E-state index is -0.430. The Morgan fingerprint density at radius 2 is 2.18 bits per heavy atom. The van der Waals surface area contributed by atoms with Crippen molar-refractivity contribution in [2.24, 2.45) is 5.73 Å². The van der Waals surface area contributed by atoms with Crippen LogP contribution in [0.5, 0.6) is 0 Å². The van der Waals surface area contributed by atoms with E-state index in [0.717, 1.165) is 19.5 Å². The van der Waals surface area contributed by atoms with E-state index in [0.29, 0.717) is 0 Å². The largest absolute Gasteiger partial charge is 0.369 e. The van der Waals surface area contributed by atoms with Crippen LogP contribution in [0.3, 0.4) is 0 Å². The highest BCUT2D eigenvalue weighted by atomic mass is 16.2. The first kappa shape index (κ1) is 11.9. The third-order valence-corrected chi connectivity index (χ3v) is 3.07. The Hall–Kier alpha value is -1.55. The molecule has 1 amide bonds. The highest BCUT2D eigenvalue weighted by Crippen LogP contribution is 2.19. The number of para-hydroxylation sites is 1. The summed E-state index contributed by atoms with van der Waals surface area (Å²) in [5.41, 5.74) is 6.75. The second kappa shape index (κ2) is 5.19. The lowest BCUT2D eigenvalue weighted by atomic mass is 10.2. The zero-order chi connectivity index (χ0) is 12.3. The van der Waals surface area contributed by atoms with Gasteiger partial charge in [0.15, 0.2) is 0 Å². The van der Waals surface area contributed by atoms with Crippen molar-refractivity contribution in [3.05, 3.63) is 30.3 Å². The van der Waals surface area contributed by atoms with Crippen molar-refractivity contribution in [2.75, 3.05) is 18.0 Å². The summed E-state index contributed by atoms with van der Waals surface area (Å²) < 4.78 is 0. The van der Waals surface area contributed by atoms with Gasteiger partial charge in [-0.3, -0.25) is 4.79 Å². The van der Waals surface area contributed by atoms with Gasteiger partial charge in [0.25, 0.3) is 0 Å². The van der Waals surface area contributed by atoms with E-state index in [4.69, 9.17) is 5.73 Å². The zero-order valence-corrected chi connectivity index (χ0v) is 10.1. The molecule has 1 aliphatic rings. The summed E-state index contributed by atoms with van der Waals surface area (Å²) in [6.07, 6.45) is 0.980. The lowest BCUT2D eigenvalue weighted by Gasteiger charge is -2.19. The molecule has 1 heterocycles. The van der Waals surface area contributed by atoms with Crippen molar-refractivity contribution < 1.29 is 4.79 Å². The van der Waals surface area contributed by atoms with Crippen molar-refractivity contribution in [2.45, 2.75) is 25.4 Å². The van der Waals surface area contributed by atoms with E-state index in [1.165, 1.54) is 5.69 Å². The Morgan fingerprint density at radius 3 is 2.82 bits per heavy atom. The number of hydrogen-bond acceptors (Lipinski definition) is 3. The standard InChI is InChI=1S/C13H19N3O/c1-10(14)13(17)15-11-7-8-16(9-11)12-5-3-2-4-6-12/h2-6,10-11H,7-9,14H2,1H3,(H,15,17). The van der Waals surface area contributed by atoms with Crippen LogP contribution in [-0.2, 0) is 4.79 Å². The molecule has 3 N–H and O–H groups in total. The molecule has 2 atom stereocenters. The van der Waals surface area contributed by atoms with Crippen LogP contribution in [0.15, 0.2) is 30.3 Å². The van der Waals surface area contributed by atoms with E-state index < -0.39 is 6.04 Å². The zero-order valence-electron chi connectivity index (χ0n) is 10.1. The van der Waals surface area contributed by atoms with Crippen molar-refractivity contribution in [3.8, 4) is 0 Å². The third kappa shape index (κ3) is 2.97. The van der Waals surface area contributed by atoms with Gasteiger partial charge in [-0.2, -0.15) is 0 Å². The van der Waals surface area contributed by atoms with Gasteiger partial charge >= 0.3 is 0 Å². The molecule has 1 aromatic rings. The number of benzene rings is 1. The average molecular weight is 233 g/mol. The average Bonchev–Trinajstić information content (AvgIpc) is 2.78. The van der Waals surface area contributed by atoms with E-state index in [1.807, 2.05) is 18.2 Å². The van der Waals surface area contributed by atoms with Gasteiger partial charge in [-0.25, -0.2) is 0 Å². The first-order valence-electron chi connectivity index (χ1n) is 6.03. The van der Waals surface area contributed by atoms with Gasteiger partial charge in [0.2, 0.25) is 5.91 Å². The maximum Gasteiger partial charge on any atom is 0.236 e. The first-order valence-corrected chi connectivity index (χ1v) is 6.03. The van der Waals surface area contributed by atoms with E-state index in [-0.39, 0.29) is 11.9 Å². The summed E-state index contributed by atoms with van der Waals surface area (Å²) in [7, 11) is 0. The molecule has 2 unspecified atom stereocenters. The van der Waals surface area contributed by atoms with Gasteiger partial charge in [-0.15, -0.1) is 0 Å². The molecule has 1 saturated heterocycles. The summed E-state index contributed by atoms with van der Waals surface area (Å²) in [6.45, 7) is 3.55. The summed E-state index contributed by atoms with van der Waals surface area (Å²) in [6, 6.07) is 10.0. The van der Waals surface area contributed by atoms with Crippen molar-refractivity contribution >= 4 is 11.6 Å². The van der Waals surface area contributed by atoms with Crippen LogP contribution < -0.4 is 16.0 Å². The van der Waals surface area contributed by atoms with Gasteiger partial charge in [0.05, 0.1) is 6.04 Å². The lowest BCUT2D eigenvalue weighted by molar-refractivity contribution is -0.122. The van der Waals surface area contributed by atoms with E-state index in [2.05, 4.69) is 22.3 Å². The number of anilines is 1. The molecule has 1 aliphatic heterocycles. The Labute approximate surface area is 102 Å². The monoisotopic (exact) mass is 233 g/mol. The third-order valence-electron chi connectivity index (χ3n) is 3.07. The Bertz CT molecular complexity index is 378. The van der Waals surface area contributed by atoms with Gasteiger partial charge in [-0.05, 0) is 25.5 Å². The van der Waals surface area contributed by atoms with E-state index >= 15 is 0 Å². The second-order valence-electron chi connectivity index (χ2n) is 4.56. The lowest BCUT2D eigenvalue weighted by Crippen LogP contribution is -2.44. The second-order valence-corrected chi connectivity index (χ2v) is 4.56. The molecule has 1 aromatic carbocycles. The molecule has 0 saturated carbocycles. The van der Waals surface area contributed by atoms with Crippen LogP contribution >= 0.6 is 0 Å². The number of hydrogen-bond donors (Lipinski definition) is 2. The Balaban J connectivity index is 1.90. The molecule has 2 rings (SSSR count). The summed E-state index contributed by atoms with van der Waals surface area (Å²) >= 11 is 0. The van der Waals surface area contributed by atoms with Crippen LogP contribution in [0.4, 0.5) is 5.69 Å². The fourth-order valence-corrected chi connectivity index (χ4v) is 2.08. The summed E-state index contributed by atoms with van der Waals surface area (Å²) in [5.74, 6) is -0.0649. The first-order chi connectivity index (χ1) is 8.16. The molecule has 0 aromatic heterocycles. The number of nitrogens with two attached hydrogens (primary N) is 1. The summed E-state index contributed by atoms with van der Waals surface area (Å²) in [4.78, 5) is 13.8. The number of nitrogens with zero attached hydrogens (tertiary/aromatic N) is 1. The number of rotatable bonds is 3. The van der Waals surface area contributed by atoms with Crippen LogP contribution in [0, 0.1) is 0 Å². The molecule has 1 fully saturated rings. The number of nitrogens with one attached hydrogen (secondary N) is 1. The van der Waals surface area contributed by atoms with Crippen molar-refractivity contribution in [1.29, 1.82) is 0 Å². The number of amides is 1. The molecule has 0 radical (unpaired) electrons. The van der Waals surface area contributed by atoms with Crippen molar-refractivity contribution in [1.82, 2.24) is 5.32 Å². The SMILES string of the molecule is CC(N)C(=O)NC1CCN(c2ccccc2)C1. The van der Waals surface area contributed by atoms with Gasteiger partial charge in [-0.1, -0.05) is 18.2 Å². The van der Waals surface area contributed by atoms with E-state index in [1.54, 1.807) is 6.92 Å². The normalized spacial score (nSPS) is 21.3. The van der Waals surface area contributed by atoms with Crippen molar-refractivity contribution in [3.63, 3.8) is 0 Å². The van der Waals surface area contributed by atoms with E-state index in [9.17, 15) is 4.79 Å². The van der Waals surface area contributed by atoms with Gasteiger partial charge < -0.3 is 16.0 Å². The molecule has 4 nitrogen and oxygen atoms in total. The number of carbonyl (C=O) groups excluding carboxylic acids is 1. The molecule has 4 heteroatoms. The minimum absolute atomic E-state index is 0.0649. The van der Waals surface area contributed by atoms with Crippen LogP contribution in [-0.4, -0.2) is 31.1 Å². The molecule has 92 valence electrons. The molecule has 0 aliphatic carbocycles. The van der Waals surface area contributed by atoms with Crippen LogP contribution in [0.25, 0.3) is 0 Å². The Kier molecular flexibility index (Phi) is 3.64. The maximum absolute atomic E-state index is 11.5. The quantitative estimate of drug-likeness (QED) is 0.809. The predicted octanol–water partition coefficient (Wildman–Crippen LogP) is 0.729. The molecular weight excluding hydrogens is 214 g/mol. The smallest absolute Gasteiger partial charge is 0.236 e. The fraction of sp³-hybridized carbons (Fsp3) is 0.462. The van der Waals surface area contributed by atoms with Gasteiger partial charge in [0.1, 0.15) is 0 Å².